The van der Waals surface area contributed by atoms with Gasteiger partial charge >= 0.3 is 0 Å². The summed E-state index contributed by atoms with van der Waals surface area (Å²) in [4.78, 5) is 26.4. The molecule has 190 valence electrons. The maximum absolute atomic E-state index is 12.9. The van der Waals surface area contributed by atoms with E-state index in [1.54, 1.807) is 16.7 Å². The number of nitrogens with zero attached hydrogens (tertiary/aromatic N) is 4. The highest BCUT2D eigenvalue weighted by Crippen LogP contribution is 2.26. The largest absolute Gasteiger partial charge is 0.355 e. The Morgan fingerprint density at radius 3 is 1.97 bits per heavy atom. The first-order chi connectivity index (χ1) is 17.9. The fourth-order valence-electron chi connectivity index (χ4n) is 3.97. The normalized spacial score (nSPS) is 10.9. The quantitative estimate of drug-likeness (QED) is 0.173. The molecule has 5 nitrogen and oxygen atoms in total. The van der Waals surface area contributed by atoms with Crippen LogP contribution in [0, 0.1) is 0 Å². The van der Waals surface area contributed by atoms with Crippen molar-refractivity contribution >= 4 is 23.5 Å². The van der Waals surface area contributed by atoms with Crippen LogP contribution in [0.15, 0.2) is 96.2 Å². The summed E-state index contributed by atoms with van der Waals surface area (Å²) in [5, 5.41) is 0.767. The summed E-state index contributed by atoms with van der Waals surface area (Å²) in [7, 11) is 3.91. The van der Waals surface area contributed by atoms with Gasteiger partial charge in [0.1, 0.15) is 5.82 Å². The van der Waals surface area contributed by atoms with Gasteiger partial charge in [0.25, 0.3) is 5.91 Å². The second kappa shape index (κ2) is 12.5. The van der Waals surface area contributed by atoms with Crippen LogP contribution in [-0.2, 0) is 18.8 Å². The molecule has 0 bridgehead atoms. The summed E-state index contributed by atoms with van der Waals surface area (Å²) in [6.07, 6.45) is 0. The van der Waals surface area contributed by atoms with Gasteiger partial charge in [-0.1, -0.05) is 98.4 Å². The Morgan fingerprint density at radius 2 is 1.38 bits per heavy atom. The van der Waals surface area contributed by atoms with Gasteiger partial charge in [-0.05, 0) is 34.7 Å². The SMILES string of the molecule is CC(C)c1cc(N(C)Cc2ccccc2)nc(SCc2ccc(C(=O)N(C)Cc3ccccc3)cc2)n1. The van der Waals surface area contributed by atoms with Crippen LogP contribution >= 0.6 is 11.8 Å². The van der Waals surface area contributed by atoms with Gasteiger partial charge in [-0.3, -0.25) is 4.79 Å². The van der Waals surface area contributed by atoms with Crippen molar-refractivity contribution in [3.05, 3.63) is 119 Å². The van der Waals surface area contributed by atoms with E-state index in [9.17, 15) is 4.79 Å². The number of aromatic nitrogens is 2. The van der Waals surface area contributed by atoms with E-state index in [0.29, 0.717) is 18.0 Å². The van der Waals surface area contributed by atoms with Crippen molar-refractivity contribution < 1.29 is 4.79 Å². The van der Waals surface area contributed by atoms with Gasteiger partial charge in [0.05, 0.1) is 0 Å². The third-order valence-electron chi connectivity index (χ3n) is 6.14. The van der Waals surface area contributed by atoms with Gasteiger partial charge < -0.3 is 9.80 Å². The van der Waals surface area contributed by atoms with Crippen molar-refractivity contribution in [1.29, 1.82) is 0 Å². The Labute approximate surface area is 224 Å². The number of amides is 1. The molecular formula is C31H34N4OS. The zero-order valence-electron chi connectivity index (χ0n) is 22.0. The fraction of sp³-hybridized carbons (Fsp3) is 0.258. The predicted octanol–water partition coefficient (Wildman–Crippen LogP) is 6.80. The molecule has 3 aromatic carbocycles. The predicted molar refractivity (Wildman–Crippen MR) is 153 cm³/mol. The van der Waals surface area contributed by atoms with E-state index in [4.69, 9.17) is 9.97 Å². The molecule has 0 fully saturated rings. The molecule has 0 saturated heterocycles. The Hall–Kier alpha value is -3.64. The highest BCUT2D eigenvalue weighted by Gasteiger charge is 2.14. The van der Waals surface area contributed by atoms with Crippen molar-refractivity contribution in [3.8, 4) is 0 Å². The van der Waals surface area contributed by atoms with Crippen molar-refractivity contribution in [3.63, 3.8) is 0 Å². The van der Waals surface area contributed by atoms with Gasteiger partial charge in [0.15, 0.2) is 5.16 Å². The fourth-order valence-corrected chi connectivity index (χ4v) is 4.78. The van der Waals surface area contributed by atoms with Gasteiger partial charge in [-0.25, -0.2) is 9.97 Å². The third-order valence-corrected chi connectivity index (χ3v) is 7.05. The van der Waals surface area contributed by atoms with Crippen molar-refractivity contribution in [1.82, 2.24) is 14.9 Å². The number of carbonyl (C=O) groups is 1. The zero-order chi connectivity index (χ0) is 26.2. The first-order valence-electron chi connectivity index (χ1n) is 12.5. The van der Waals surface area contributed by atoms with Crippen LogP contribution in [0.1, 0.15) is 52.5 Å². The minimum absolute atomic E-state index is 0.0159. The molecule has 4 rings (SSSR count). The molecule has 0 aliphatic rings. The summed E-state index contributed by atoms with van der Waals surface area (Å²) in [5.41, 5.74) is 5.21. The van der Waals surface area contributed by atoms with Crippen molar-refractivity contribution in [2.45, 2.75) is 43.8 Å². The second-order valence-electron chi connectivity index (χ2n) is 9.56. The van der Waals surface area contributed by atoms with Crippen LogP contribution in [0.2, 0.25) is 0 Å². The van der Waals surface area contributed by atoms with Gasteiger partial charge in [-0.2, -0.15) is 0 Å². The molecular weight excluding hydrogens is 476 g/mol. The minimum atomic E-state index is 0.0159. The Bertz CT molecular complexity index is 1290. The molecule has 0 aliphatic heterocycles. The molecule has 0 saturated carbocycles. The van der Waals surface area contributed by atoms with Crippen LogP contribution in [-0.4, -0.2) is 34.9 Å². The Balaban J connectivity index is 1.41. The maximum Gasteiger partial charge on any atom is 0.253 e. The van der Waals surface area contributed by atoms with E-state index in [1.807, 2.05) is 67.7 Å². The molecule has 6 heteroatoms. The Morgan fingerprint density at radius 1 is 0.784 bits per heavy atom. The maximum atomic E-state index is 12.9. The lowest BCUT2D eigenvalue weighted by Crippen LogP contribution is -2.26. The molecule has 0 aliphatic carbocycles. The van der Waals surface area contributed by atoms with Crippen molar-refractivity contribution in [2.24, 2.45) is 0 Å². The van der Waals surface area contributed by atoms with Crippen LogP contribution in [0.5, 0.6) is 0 Å². The number of hydrogen-bond acceptors (Lipinski definition) is 5. The van der Waals surface area contributed by atoms with E-state index in [2.05, 4.69) is 56.1 Å². The number of carbonyl (C=O) groups excluding carboxylic acids is 1. The van der Waals surface area contributed by atoms with Crippen LogP contribution in [0.3, 0.4) is 0 Å². The molecule has 0 unspecified atom stereocenters. The zero-order valence-corrected chi connectivity index (χ0v) is 22.8. The first kappa shape index (κ1) is 26.4. The van der Waals surface area contributed by atoms with E-state index in [0.717, 1.165) is 40.1 Å². The molecule has 0 radical (unpaired) electrons. The number of thioether (sulfide) groups is 1. The molecule has 1 aromatic heterocycles. The summed E-state index contributed by atoms with van der Waals surface area (Å²) in [6, 6.07) is 30.4. The topological polar surface area (TPSA) is 49.3 Å². The highest BCUT2D eigenvalue weighted by molar-refractivity contribution is 7.98. The average molecular weight is 511 g/mol. The average Bonchev–Trinajstić information content (AvgIpc) is 2.92. The van der Waals surface area contributed by atoms with E-state index in [-0.39, 0.29) is 5.91 Å². The molecule has 1 amide bonds. The number of benzene rings is 3. The minimum Gasteiger partial charge on any atom is -0.355 e. The van der Waals surface area contributed by atoms with E-state index < -0.39 is 0 Å². The van der Waals surface area contributed by atoms with Gasteiger partial charge in [0.2, 0.25) is 0 Å². The molecule has 0 N–H and O–H groups in total. The molecule has 1 heterocycles. The summed E-state index contributed by atoms with van der Waals surface area (Å²) >= 11 is 1.62. The van der Waals surface area contributed by atoms with Crippen LogP contribution in [0.4, 0.5) is 5.82 Å². The number of anilines is 1. The van der Waals surface area contributed by atoms with E-state index in [1.165, 1.54) is 5.56 Å². The lowest BCUT2D eigenvalue weighted by atomic mass is 10.1. The van der Waals surface area contributed by atoms with E-state index >= 15 is 0 Å². The smallest absolute Gasteiger partial charge is 0.253 e. The monoisotopic (exact) mass is 510 g/mol. The van der Waals surface area contributed by atoms with Gasteiger partial charge in [0, 0.05) is 50.3 Å². The lowest BCUT2D eigenvalue weighted by Gasteiger charge is -2.20. The van der Waals surface area contributed by atoms with Crippen LogP contribution < -0.4 is 4.90 Å². The van der Waals surface area contributed by atoms with Crippen molar-refractivity contribution in [2.75, 3.05) is 19.0 Å². The first-order valence-corrected chi connectivity index (χ1v) is 13.5. The van der Waals surface area contributed by atoms with Gasteiger partial charge in [-0.15, -0.1) is 0 Å². The molecule has 4 aromatic rings. The lowest BCUT2D eigenvalue weighted by molar-refractivity contribution is 0.0785. The number of hydrogen-bond donors (Lipinski definition) is 0. The molecule has 37 heavy (non-hydrogen) atoms. The van der Waals surface area contributed by atoms with Crippen LogP contribution in [0.25, 0.3) is 0 Å². The summed E-state index contributed by atoms with van der Waals surface area (Å²) < 4.78 is 0. The second-order valence-corrected chi connectivity index (χ2v) is 10.5. The Kier molecular flexibility index (Phi) is 8.96. The molecule has 0 atom stereocenters. The third kappa shape index (κ3) is 7.43. The summed E-state index contributed by atoms with van der Waals surface area (Å²) in [5.74, 6) is 1.98. The summed E-state index contributed by atoms with van der Waals surface area (Å²) in [6.45, 7) is 5.68. The molecule has 0 spiro atoms. The number of rotatable bonds is 10. The standard InChI is InChI=1S/C31H34N4OS/c1-23(2)28-19-29(34(3)20-24-11-7-5-8-12-24)33-31(32-28)37-22-26-15-17-27(18-16-26)30(36)35(4)21-25-13-9-6-10-14-25/h5-19,23H,20-22H2,1-4H3. The highest BCUT2D eigenvalue weighted by atomic mass is 32.2.